The van der Waals surface area contributed by atoms with Crippen LogP contribution in [-0.4, -0.2) is 23.0 Å². The van der Waals surface area contributed by atoms with Crippen molar-refractivity contribution < 1.29 is 14.7 Å². The van der Waals surface area contributed by atoms with Gasteiger partial charge in [0.1, 0.15) is 0 Å². The maximum absolute atomic E-state index is 11.9. The van der Waals surface area contributed by atoms with Gasteiger partial charge >= 0.3 is 0 Å². The average molecular weight is 290 g/mol. The summed E-state index contributed by atoms with van der Waals surface area (Å²) in [6.45, 7) is 0. The number of hydrogen-bond donors (Lipinski definition) is 2. The van der Waals surface area contributed by atoms with E-state index in [1.54, 1.807) is 42.5 Å². The summed E-state index contributed by atoms with van der Waals surface area (Å²) in [4.78, 5) is 23.7. The zero-order valence-electron chi connectivity index (χ0n) is 10.4. The number of aliphatic hydroxyl groups is 1. The zero-order valence-corrected chi connectivity index (χ0v) is 11.2. The first-order chi connectivity index (χ1) is 9.58. The summed E-state index contributed by atoms with van der Waals surface area (Å²) in [7, 11) is 0. The first-order valence-corrected chi connectivity index (χ1v) is 6.29. The molecule has 1 atom stereocenters. The van der Waals surface area contributed by atoms with Crippen molar-refractivity contribution in [2.45, 2.75) is 6.23 Å². The van der Waals surface area contributed by atoms with E-state index in [9.17, 15) is 14.7 Å². The van der Waals surface area contributed by atoms with Crippen LogP contribution in [0.2, 0.25) is 5.02 Å². The Morgan fingerprint density at radius 3 is 2.15 bits per heavy atom. The molecule has 0 fully saturated rings. The molecular weight excluding hydrogens is 278 g/mol. The summed E-state index contributed by atoms with van der Waals surface area (Å²) in [5, 5.41) is 12.5. The van der Waals surface area contributed by atoms with Gasteiger partial charge in [-0.3, -0.25) is 9.59 Å². The Kier molecular flexibility index (Phi) is 4.50. The molecular formula is C15H12ClNO3. The standard InChI is InChI=1S/C15H12ClNO3/c16-12-8-6-10(7-9-12)13(18)15(20)17-14(19)11-4-2-1-3-5-11/h1-9,15,20H,(H,17,19)/t15-/m0/s1. The van der Waals surface area contributed by atoms with Gasteiger partial charge in [-0.1, -0.05) is 29.8 Å². The number of rotatable bonds is 4. The molecule has 0 saturated carbocycles. The van der Waals surface area contributed by atoms with Crippen LogP contribution in [0.15, 0.2) is 54.6 Å². The van der Waals surface area contributed by atoms with Gasteiger partial charge in [-0.15, -0.1) is 0 Å². The van der Waals surface area contributed by atoms with Gasteiger partial charge in [-0.2, -0.15) is 0 Å². The van der Waals surface area contributed by atoms with Crippen LogP contribution in [0, 0.1) is 0 Å². The van der Waals surface area contributed by atoms with Gasteiger partial charge in [0, 0.05) is 16.1 Å². The first-order valence-electron chi connectivity index (χ1n) is 5.91. The van der Waals surface area contributed by atoms with Gasteiger partial charge < -0.3 is 10.4 Å². The van der Waals surface area contributed by atoms with Crippen molar-refractivity contribution >= 4 is 23.3 Å². The molecule has 0 heterocycles. The molecule has 0 spiro atoms. The number of Topliss-reactive ketones (excluding diaryl/α,β-unsaturated/α-hetero) is 1. The molecule has 2 N–H and O–H groups in total. The van der Waals surface area contributed by atoms with Crippen molar-refractivity contribution in [3.8, 4) is 0 Å². The molecule has 0 aliphatic carbocycles. The predicted octanol–water partition coefficient (Wildman–Crippen LogP) is 2.27. The summed E-state index contributed by atoms with van der Waals surface area (Å²) in [5.74, 6) is -1.11. The van der Waals surface area contributed by atoms with E-state index in [4.69, 9.17) is 11.6 Å². The molecule has 20 heavy (non-hydrogen) atoms. The van der Waals surface area contributed by atoms with Gasteiger partial charge in [-0.25, -0.2) is 0 Å². The molecule has 2 rings (SSSR count). The van der Waals surface area contributed by atoms with E-state index < -0.39 is 17.9 Å². The van der Waals surface area contributed by atoms with E-state index in [-0.39, 0.29) is 5.56 Å². The highest BCUT2D eigenvalue weighted by Crippen LogP contribution is 2.11. The van der Waals surface area contributed by atoms with Crippen LogP contribution < -0.4 is 5.32 Å². The quantitative estimate of drug-likeness (QED) is 0.670. The normalized spacial score (nSPS) is 11.7. The lowest BCUT2D eigenvalue weighted by Gasteiger charge is -2.12. The van der Waals surface area contributed by atoms with E-state index >= 15 is 0 Å². The Balaban J connectivity index is 2.05. The second kappa shape index (κ2) is 6.32. The van der Waals surface area contributed by atoms with Crippen LogP contribution in [0.25, 0.3) is 0 Å². The van der Waals surface area contributed by atoms with Gasteiger partial charge in [-0.05, 0) is 36.4 Å². The lowest BCUT2D eigenvalue weighted by molar-refractivity contribution is 0.0607. The minimum Gasteiger partial charge on any atom is -0.367 e. The molecule has 0 radical (unpaired) electrons. The lowest BCUT2D eigenvalue weighted by Crippen LogP contribution is -2.40. The van der Waals surface area contributed by atoms with Crippen LogP contribution in [0.3, 0.4) is 0 Å². The summed E-state index contributed by atoms with van der Waals surface area (Å²) < 4.78 is 0. The summed E-state index contributed by atoms with van der Waals surface area (Å²) in [6.07, 6.45) is -1.59. The summed E-state index contributed by atoms with van der Waals surface area (Å²) in [5.41, 5.74) is 0.644. The van der Waals surface area contributed by atoms with E-state index in [2.05, 4.69) is 5.32 Å². The second-order valence-corrected chi connectivity index (χ2v) is 4.55. The third-order valence-electron chi connectivity index (χ3n) is 2.68. The fraction of sp³-hybridized carbons (Fsp3) is 0.0667. The third-order valence-corrected chi connectivity index (χ3v) is 2.93. The van der Waals surface area contributed by atoms with E-state index in [0.717, 1.165) is 0 Å². The number of halogens is 1. The maximum Gasteiger partial charge on any atom is 0.253 e. The largest absolute Gasteiger partial charge is 0.367 e. The number of aliphatic hydroxyl groups excluding tert-OH is 1. The van der Waals surface area contributed by atoms with Gasteiger partial charge in [0.15, 0.2) is 6.23 Å². The van der Waals surface area contributed by atoms with Crippen LogP contribution >= 0.6 is 11.6 Å². The summed E-state index contributed by atoms with van der Waals surface area (Å²) in [6, 6.07) is 14.4. The highest BCUT2D eigenvalue weighted by molar-refractivity contribution is 6.30. The average Bonchev–Trinajstić information content (AvgIpc) is 2.48. The lowest BCUT2D eigenvalue weighted by atomic mass is 10.1. The monoisotopic (exact) mass is 289 g/mol. The van der Waals surface area contributed by atoms with Crippen LogP contribution in [0.1, 0.15) is 20.7 Å². The molecule has 5 heteroatoms. The molecule has 0 aliphatic rings. The Labute approximate surface area is 121 Å². The Morgan fingerprint density at radius 1 is 0.950 bits per heavy atom. The first kappa shape index (κ1) is 14.2. The Morgan fingerprint density at radius 2 is 1.55 bits per heavy atom. The van der Waals surface area contributed by atoms with Gasteiger partial charge in [0.2, 0.25) is 5.78 Å². The van der Waals surface area contributed by atoms with Crippen LogP contribution in [0.4, 0.5) is 0 Å². The smallest absolute Gasteiger partial charge is 0.253 e. The molecule has 0 bridgehead atoms. The van der Waals surface area contributed by atoms with Crippen molar-refractivity contribution in [3.63, 3.8) is 0 Å². The topological polar surface area (TPSA) is 66.4 Å². The van der Waals surface area contributed by atoms with Crippen molar-refractivity contribution in [2.75, 3.05) is 0 Å². The zero-order chi connectivity index (χ0) is 14.5. The minimum absolute atomic E-state index is 0.273. The number of benzene rings is 2. The Hall–Kier alpha value is -2.17. The molecule has 2 aromatic rings. The van der Waals surface area contributed by atoms with Crippen LogP contribution in [0.5, 0.6) is 0 Å². The maximum atomic E-state index is 11.9. The molecule has 0 aromatic heterocycles. The Bertz CT molecular complexity index is 611. The van der Waals surface area contributed by atoms with E-state index in [1.807, 2.05) is 0 Å². The van der Waals surface area contributed by atoms with Crippen molar-refractivity contribution in [2.24, 2.45) is 0 Å². The molecule has 0 unspecified atom stereocenters. The van der Waals surface area contributed by atoms with Gasteiger partial charge in [0.25, 0.3) is 5.91 Å². The highest BCUT2D eigenvalue weighted by atomic mass is 35.5. The van der Waals surface area contributed by atoms with Crippen molar-refractivity contribution in [1.29, 1.82) is 0 Å². The molecule has 1 amide bonds. The number of carbonyl (C=O) groups excluding carboxylic acids is 2. The predicted molar refractivity (Wildman–Crippen MR) is 75.7 cm³/mol. The SMILES string of the molecule is O=C(N[C@@H](O)C(=O)c1ccc(Cl)cc1)c1ccccc1. The van der Waals surface area contributed by atoms with Crippen molar-refractivity contribution in [3.05, 3.63) is 70.7 Å². The highest BCUT2D eigenvalue weighted by Gasteiger charge is 2.19. The third kappa shape index (κ3) is 3.44. The van der Waals surface area contributed by atoms with E-state index in [0.29, 0.717) is 10.6 Å². The number of amides is 1. The number of nitrogens with one attached hydrogen (secondary N) is 1. The summed E-state index contributed by atoms with van der Waals surface area (Å²) >= 11 is 5.72. The molecule has 102 valence electrons. The second-order valence-electron chi connectivity index (χ2n) is 4.11. The number of carbonyl (C=O) groups is 2. The fourth-order valence-electron chi connectivity index (χ4n) is 1.63. The molecule has 0 aliphatic heterocycles. The van der Waals surface area contributed by atoms with E-state index in [1.165, 1.54) is 12.1 Å². The van der Waals surface area contributed by atoms with Crippen molar-refractivity contribution in [1.82, 2.24) is 5.32 Å². The minimum atomic E-state index is -1.59. The fourth-order valence-corrected chi connectivity index (χ4v) is 1.76. The number of hydrogen-bond acceptors (Lipinski definition) is 3. The molecule has 0 saturated heterocycles. The molecule has 4 nitrogen and oxygen atoms in total. The van der Waals surface area contributed by atoms with Gasteiger partial charge in [0.05, 0.1) is 0 Å². The molecule has 2 aromatic carbocycles. The number of ketones is 1. The van der Waals surface area contributed by atoms with Crippen LogP contribution in [-0.2, 0) is 0 Å².